The van der Waals surface area contributed by atoms with Gasteiger partial charge in [0.1, 0.15) is 4.83 Å². The Morgan fingerprint density at radius 2 is 2.22 bits per heavy atom. The van der Waals surface area contributed by atoms with Crippen LogP contribution in [0.4, 0.5) is 0 Å². The molecule has 0 spiro atoms. The fourth-order valence-corrected chi connectivity index (χ4v) is 5.69. The first kappa shape index (κ1) is 20.1. The zero-order chi connectivity index (χ0) is 19.4. The number of carbonyl (C=O) groups is 1. The normalized spacial score (nSPS) is 14.7. The van der Waals surface area contributed by atoms with Gasteiger partial charge in [-0.2, -0.15) is 0 Å². The van der Waals surface area contributed by atoms with Crippen LogP contribution in [0.15, 0.2) is 22.6 Å². The van der Waals surface area contributed by atoms with Gasteiger partial charge < -0.3 is 5.32 Å². The fraction of sp³-hybridized carbons (Fsp3) is 0.550. The van der Waals surface area contributed by atoms with Gasteiger partial charge in [0.2, 0.25) is 5.91 Å². The maximum Gasteiger partial charge on any atom is 0.263 e. The summed E-state index contributed by atoms with van der Waals surface area (Å²) in [5.41, 5.74) is 1.20. The van der Waals surface area contributed by atoms with E-state index in [-0.39, 0.29) is 23.3 Å². The molecule has 2 aromatic rings. The zero-order valence-corrected chi connectivity index (χ0v) is 17.7. The van der Waals surface area contributed by atoms with Crippen molar-refractivity contribution >= 4 is 39.2 Å². The number of allylic oxidation sites excluding steroid dienone is 1. The number of thioether (sulfide) groups is 1. The highest BCUT2D eigenvalue weighted by molar-refractivity contribution is 7.99. The van der Waals surface area contributed by atoms with Crippen molar-refractivity contribution in [3.8, 4) is 0 Å². The molecule has 0 saturated carbocycles. The molecule has 2 heterocycles. The first-order chi connectivity index (χ1) is 13.0. The molecule has 0 aliphatic heterocycles. The van der Waals surface area contributed by atoms with E-state index >= 15 is 0 Å². The van der Waals surface area contributed by atoms with Crippen LogP contribution in [0.25, 0.3) is 10.2 Å². The summed E-state index contributed by atoms with van der Waals surface area (Å²) in [4.78, 5) is 32.2. The average molecular weight is 406 g/mol. The lowest BCUT2D eigenvalue weighted by molar-refractivity contribution is -0.119. The third kappa shape index (κ3) is 4.46. The Balaban J connectivity index is 1.88. The van der Waals surface area contributed by atoms with Crippen LogP contribution in [-0.2, 0) is 24.2 Å². The minimum atomic E-state index is -0.0223. The highest BCUT2D eigenvalue weighted by atomic mass is 32.2. The van der Waals surface area contributed by atoms with Crippen LogP contribution >= 0.6 is 23.1 Å². The van der Waals surface area contributed by atoms with E-state index in [9.17, 15) is 9.59 Å². The van der Waals surface area contributed by atoms with E-state index in [1.54, 1.807) is 22.0 Å². The van der Waals surface area contributed by atoms with Crippen molar-refractivity contribution in [2.24, 2.45) is 0 Å². The van der Waals surface area contributed by atoms with Gasteiger partial charge in [-0.15, -0.1) is 17.9 Å². The van der Waals surface area contributed by atoms with E-state index < -0.39 is 0 Å². The van der Waals surface area contributed by atoms with E-state index in [0.717, 1.165) is 42.3 Å². The number of rotatable bonds is 8. The predicted octanol–water partition coefficient (Wildman–Crippen LogP) is 3.92. The summed E-state index contributed by atoms with van der Waals surface area (Å²) in [6.07, 6.45) is 8.02. The quantitative estimate of drug-likeness (QED) is 0.411. The van der Waals surface area contributed by atoms with Crippen LogP contribution in [0.1, 0.15) is 50.0 Å². The fourth-order valence-electron chi connectivity index (χ4n) is 3.57. The van der Waals surface area contributed by atoms with Gasteiger partial charge in [-0.05, 0) is 44.6 Å². The number of aromatic nitrogens is 2. The summed E-state index contributed by atoms with van der Waals surface area (Å²) >= 11 is 2.97. The number of amides is 1. The first-order valence-electron chi connectivity index (χ1n) is 9.63. The van der Waals surface area contributed by atoms with E-state index in [1.165, 1.54) is 28.6 Å². The van der Waals surface area contributed by atoms with Gasteiger partial charge in [-0.1, -0.05) is 31.2 Å². The molecule has 1 N–H and O–H groups in total. The van der Waals surface area contributed by atoms with Crippen LogP contribution in [0, 0.1) is 0 Å². The van der Waals surface area contributed by atoms with Crippen LogP contribution < -0.4 is 10.9 Å². The van der Waals surface area contributed by atoms with Gasteiger partial charge in [0.05, 0.1) is 11.1 Å². The molecule has 0 bridgehead atoms. The summed E-state index contributed by atoms with van der Waals surface area (Å²) in [7, 11) is 0. The Morgan fingerprint density at radius 1 is 1.44 bits per heavy atom. The van der Waals surface area contributed by atoms with Crippen molar-refractivity contribution in [3.63, 3.8) is 0 Å². The Morgan fingerprint density at radius 3 is 2.96 bits per heavy atom. The Bertz CT molecular complexity index is 901. The van der Waals surface area contributed by atoms with Crippen LogP contribution in [0.5, 0.6) is 0 Å². The lowest BCUT2D eigenvalue weighted by atomic mass is 9.97. The first-order valence-corrected chi connectivity index (χ1v) is 11.4. The Hall–Kier alpha value is -1.60. The van der Waals surface area contributed by atoms with E-state index in [2.05, 4.69) is 18.8 Å². The highest BCUT2D eigenvalue weighted by Crippen LogP contribution is 2.34. The lowest BCUT2D eigenvalue weighted by Crippen LogP contribution is -2.34. The second kappa shape index (κ2) is 9.06. The van der Waals surface area contributed by atoms with Crippen LogP contribution in [-0.4, -0.2) is 27.3 Å². The molecule has 0 fully saturated rings. The summed E-state index contributed by atoms with van der Waals surface area (Å²) in [5, 5.41) is 4.38. The number of carbonyl (C=O) groups excluding carboxylic acids is 1. The van der Waals surface area contributed by atoms with Crippen LogP contribution in [0.3, 0.4) is 0 Å². The molecule has 1 aliphatic rings. The number of thiophene rings is 1. The lowest BCUT2D eigenvalue weighted by Gasteiger charge is -2.14. The standard InChI is InChI=1S/C20H27N3O2S2/c1-4-8-13(3)21-16(24)12-26-20-22-18-17(19(25)23(20)11-5-2)14-9-6-7-10-15(14)27-18/h5,13H,2,4,6-12H2,1,3H3,(H,21,24)/t13-/m1/s1. The molecule has 1 aliphatic carbocycles. The highest BCUT2D eigenvalue weighted by Gasteiger charge is 2.22. The van der Waals surface area contributed by atoms with Gasteiger partial charge >= 0.3 is 0 Å². The third-order valence-corrected chi connectivity index (χ3v) is 6.98. The molecule has 0 radical (unpaired) electrons. The van der Waals surface area contributed by atoms with Crippen molar-refractivity contribution in [2.45, 2.75) is 70.1 Å². The Kier molecular flexibility index (Phi) is 6.76. The van der Waals surface area contributed by atoms with Crippen molar-refractivity contribution < 1.29 is 4.79 Å². The number of hydrogen-bond donors (Lipinski definition) is 1. The molecular weight excluding hydrogens is 378 g/mol. The van der Waals surface area contributed by atoms with E-state index in [4.69, 9.17) is 4.98 Å². The number of hydrogen-bond acceptors (Lipinski definition) is 5. The smallest absolute Gasteiger partial charge is 0.263 e. The molecule has 0 aromatic carbocycles. The molecule has 2 aromatic heterocycles. The van der Waals surface area contributed by atoms with Gasteiger partial charge in [0.25, 0.3) is 5.56 Å². The number of fused-ring (bicyclic) bond motifs is 3. The minimum absolute atomic E-state index is 0.00144. The monoisotopic (exact) mass is 405 g/mol. The molecule has 7 heteroatoms. The van der Waals surface area contributed by atoms with E-state index in [1.807, 2.05) is 6.92 Å². The molecule has 0 unspecified atom stereocenters. The summed E-state index contributed by atoms with van der Waals surface area (Å²) in [5.74, 6) is 0.236. The second-order valence-corrected chi connectivity index (χ2v) is 9.06. The van der Waals surface area contributed by atoms with Crippen molar-refractivity contribution in [3.05, 3.63) is 33.4 Å². The molecule has 146 valence electrons. The van der Waals surface area contributed by atoms with E-state index in [0.29, 0.717) is 11.7 Å². The maximum absolute atomic E-state index is 13.1. The van der Waals surface area contributed by atoms with Crippen LogP contribution in [0.2, 0.25) is 0 Å². The van der Waals surface area contributed by atoms with Gasteiger partial charge in [0.15, 0.2) is 5.16 Å². The predicted molar refractivity (Wildman–Crippen MR) is 114 cm³/mol. The summed E-state index contributed by atoms with van der Waals surface area (Å²) in [6, 6.07) is 0.165. The molecule has 27 heavy (non-hydrogen) atoms. The van der Waals surface area contributed by atoms with Gasteiger partial charge in [-0.3, -0.25) is 14.2 Å². The molecule has 1 amide bonds. The van der Waals surface area contributed by atoms with Gasteiger partial charge in [0, 0.05) is 17.5 Å². The Labute approximate surface area is 168 Å². The zero-order valence-electron chi connectivity index (χ0n) is 16.0. The number of nitrogens with one attached hydrogen (secondary N) is 1. The molecule has 1 atom stereocenters. The molecule has 3 rings (SSSR count). The largest absolute Gasteiger partial charge is 0.353 e. The summed E-state index contributed by atoms with van der Waals surface area (Å²) in [6.45, 7) is 8.30. The summed E-state index contributed by atoms with van der Waals surface area (Å²) < 4.78 is 1.66. The topological polar surface area (TPSA) is 64.0 Å². The third-order valence-electron chi connectivity index (χ3n) is 4.81. The van der Waals surface area contributed by atoms with Gasteiger partial charge in [-0.25, -0.2) is 4.98 Å². The SMILES string of the molecule is C=CCn1c(SCC(=O)N[C@H](C)CCC)nc2sc3c(c2c1=O)CCCC3. The van der Waals surface area contributed by atoms with Crippen molar-refractivity contribution in [1.29, 1.82) is 0 Å². The van der Waals surface area contributed by atoms with Crippen molar-refractivity contribution in [1.82, 2.24) is 14.9 Å². The number of nitrogens with zero attached hydrogens (tertiary/aromatic N) is 2. The number of aryl methyl sites for hydroxylation is 2. The van der Waals surface area contributed by atoms with Crippen molar-refractivity contribution in [2.75, 3.05) is 5.75 Å². The molecule has 5 nitrogen and oxygen atoms in total. The maximum atomic E-state index is 13.1. The molecule has 0 saturated heterocycles. The second-order valence-electron chi connectivity index (χ2n) is 7.04. The minimum Gasteiger partial charge on any atom is -0.353 e. The average Bonchev–Trinajstić information content (AvgIpc) is 3.01. The molecular formula is C20H27N3O2S2.